The standard InChI is InChI=1S/C17H26N2O/c1-12(2)14-7-9-15(10-8-14)19-16(20)18-11-13(3)17(4,5)6/h7-12H,1-6H3,(H2,18,19,20)/b13-11+. The highest BCUT2D eigenvalue weighted by Crippen LogP contribution is 2.23. The number of hydrogen-bond acceptors (Lipinski definition) is 1. The number of amides is 2. The SMILES string of the molecule is C/C(=C\NC(=O)Nc1ccc(C(C)C)cc1)C(C)(C)C. The largest absolute Gasteiger partial charge is 0.323 e. The van der Waals surface area contributed by atoms with Crippen LogP contribution in [-0.2, 0) is 0 Å². The van der Waals surface area contributed by atoms with Crippen molar-refractivity contribution >= 4 is 11.7 Å². The van der Waals surface area contributed by atoms with Crippen LogP contribution in [0.1, 0.15) is 53.0 Å². The Morgan fingerprint density at radius 3 is 2.15 bits per heavy atom. The summed E-state index contributed by atoms with van der Waals surface area (Å²) in [5, 5.41) is 5.58. The Hall–Kier alpha value is -1.77. The van der Waals surface area contributed by atoms with Gasteiger partial charge in [0.05, 0.1) is 0 Å². The van der Waals surface area contributed by atoms with Crippen molar-refractivity contribution in [3.05, 3.63) is 41.6 Å². The van der Waals surface area contributed by atoms with Gasteiger partial charge in [0.2, 0.25) is 0 Å². The molecular weight excluding hydrogens is 248 g/mol. The lowest BCUT2D eigenvalue weighted by Gasteiger charge is -2.19. The molecule has 3 nitrogen and oxygen atoms in total. The van der Waals surface area contributed by atoms with Crippen LogP contribution in [-0.4, -0.2) is 6.03 Å². The molecule has 0 saturated heterocycles. The van der Waals surface area contributed by atoms with Crippen LogP contribution in [0.25, 0.3) is 0 Å². The molecule has 0 radical (unpaired) electrons. The van der Waals surface area contributed by atoms with Crippen LogP contribution in [0.2, 0.25) is 0 Å². The van der Waals surface area contributed by atoms with Crippen molar-refractivity contribution in [3.63, 3.8) is 0 Å². The summed E-state index contributed by atoms with van der Waals surface area (Å²) < 4.78 is 0. The van der Waals surface area contributed by atoms with Crippen LogP contribution in [0.3, 0.4) is 0 Å². The van der Waals surface area contributed by atoms with Crippen molar-refractivity contribution < 1.29 is 4.79 Å². The van der Waals surface area contributed by atoms with E-state index >= 15 is 0 Å². The highest BCUT2D eigenvalue weighted by molar-refractivity contribution is 5.89. The number of urea groups is 1. The Morgan fingerprint density at radius 2 is 1.70 bits per heavy atom. The molecule has 0 unspecified atom stereocenters. The van der Waals surface area contributed by atoms with Crippen LogP contribution >= 0.6 is 0 Å². The number of carbonyl (C=O) groups excluding carboxylic acids is 1. The normalized spacial score (nSPS) is 12.4. The molecule has 1 aromatic rings. The number of allylic oxidation sites excluding steroid dienone is 1. The minimum absolute atomic E-state index is 0.0617. The number of hydrogen-bond donors (Lipinski definition) is 2. The molecule has 0 spiro atoms. The van der Waals surface area contributed by atoms with Crippen molar-refractivity contribution in [2.24, 2.45) is 5.41 Å². The van der Waals surface area contributed by atoms with E-state index in [4.69, 9.17) is 0 Å². The molecule has 0 aliphatic rings. The van der Waals surface area contributed by atoms with E-state index in [-0.39, 0.29) is 11.4 Å². The second-order valence-corrected chi connectivity index (χ2v) is 6.45. The molecule has 3 heteroatoms. The Labute approximate surface area is 122 Å². The van der Waals surface area contributed by atoms with Crippen LogP contribution in [0.4, 0.5) is 10.5 Å². The maximum atomic E-state index is 11.8. The molecule has 2 amide bonds. The van der Waals surface area contributed by atoms with Gasteiger partial charge < -0.3 is 10.6 Å². The Bertz CT molecular complexity index is 479. The fraction of sp³-hybridized carbons (Fsp3) is 0.471. The fourth-order valence-electron chi connectivity index (χ4n) is 1.51. The van der Waals surface area contributed by atoms with Crippen molar-refractivity contribution in [2.75, 3.05) is 5.32 Å². The molecule has 0 atom stereocenters. The quantitative estimate of drug-likeness (QED) is 0.810. The minimum Gasteiger partial charge on any atom is -0.314 e. The Balaban J connectivity index is 2.59. The lowest BCUT2D eigenvalue weighted by molar-refractivity contribution is 0.255. The van der Waals surface area contributed by atoms with E-state index in [1.807, 2.05) is 31.2 Å². The molecule has 0 heterocycles. The second kappa shape index (κ2) is 6.60. The second-order valence-electron chi connectivity index (χ2n) is 6.45. The summed E-state index contributed by atoms with van der Waals surface area (Å²) in [6.45, 7) is 12.7. The first-order valence-electron chi connectivity index (χ1n) is 7.05. The Kier molecular flexibility index (Phi) is 5.37. The first-order chi connectivity index (χ1) is 9.20. The van der Waals surface area contributed by atoms with Crippen LogP contribution < -0.4 is 10.6 Å². The minimum atomic E-state index is -0.217. The zero-order valence-corrected chi connectivity index (χ0v) is 13.4. The van der Waals surface area contributed by atoms with E-state index in [0.717, 1.165) is 11.3 Å². The van der Waals surface area contributed by atoms with Crippen LogP contribution in [0.15, 0.2) is 36.0 Å². The summed E-state index contributed by atoms with van der Waals surface area (Å²) in [7, 11) is 0. The highest BCUT2D eigenvalue weighted by atomic mass is 16.2. The number of anilines is 1. The van der Waals surface area contributed by atoms with E-state index < -0.39 is 0 Å². The van der Waals surface area contributed by atoms with Gasteiger partial charge in [-0.3, -0.25) is 0 Å². The van der Waals surface area contributed by atoms with Gasteiger partial charge in [-0.05, 0) is 36.0 Å². The van der Waals surface area contributed by atoms with Crippen molar-refractivity contribution in [2.45, 2.75) is 47.5 Å². The molecule has 1 rings (SSSR count). The molecule has 0 bridgehead atoms. The van der Waals surface area contributed by atoms with Gasteiger partial charge in [0.25, 0.3) is 0 Å². The smallest absolute Gasteiger partial charge is 0.314 e. The predicted molar refractivity (Wildman–Crippen MR) is 85.9 cm³/mol. The van der Waals surface area contributed by atoms with Crippen LogP contribution in [0.5, 0.6) is 0 Å². The fourth-order valence-corrected chi connectivity index (χ4v) is 1.51. The van der Waals surface area contributed by atoms with E-state index in [2.05, 4.69) is 45.3 Å². The molecule has 0 aromatic heterocycles. The molecular formula is C17H26N2O. The third-order valence-electron chi connectivity index (χ3n) is 3.44. The zero-order valence-electron chi connectivity index (χ0n) is 13.4. The summed E-state index contributed by atoms with van der Waals surface area (Å²) in [5.41, 5.74) is 3.25. The summed E-state index contributed by atoms with van der Waals surface area (Å²) in [5.74, 6) is 0.496. The first kappa shape index (κ1) is 16.3. The monoisotopic (exact) mass is 274 g/mol. The zero-order chi connectivity index (χ0) is 15.3. The van der Waals surface area contributed by atoms with Gasteiger partial charge in [-0.1, -0.05) is 52.3 Å². The molecule has 0 saturated carbocycles. The average molecular weight is 274 g/mol. The van der Waals surface area contributed by atoms with E-state index in [1.54, 1.807) is 6.20 Å². The number of carbonyl (C=O) groups is 1. The van der Waals surface area contributed by atoms with Gasteiger partial charge in [0.15, 0.2) is 0 Å². The molecule has 0 aliphatic heterocycles. The van der Waals surface area contributed by atoms with E-state index in [9.17, 15) is 4.79 Å². The van der Waals surface area contributed by atoms with Gasteiger partial charge >= 0.3 is 6.03 Å². The molecule has 0 fully saturated rings. The maximum Gasteiger partial charge on any atom is 0.323 e. The summed E-state index contributed by atoms with van der Waals surface area (Å²) in [6, 6.07) is 7.71. The van der Waals surface area contributed by atoms with Gasteiger partial charge in [-0.25, -0.2) is 4.79 Å². The van der Waals surface area contributed by atoms with E-state index in [1.165, 1.54) is 5.56 Å². The lowest BCUT2D eigenvalue weighted by atomic mass is 9.88. The van der Waals surface area contributed by atoms with Gasteiger partial charge in [0.1, 0.15) is 0 Å². The summed E-state index contributed by atoms with van der Waals surface area (Å²) >= 11 is 0. The third kappa shape index (κ3) is 5.08. The Morgan fingerprint density at radius 1 is 1.15 bits per heavy atom. The van der Waals surface area contributed by atoms with Crippen LogP contribution in [0, 0.1) is 5.41 Å². The first-order valence-corrected chi connectivity index (χ1v) is 7.05. The van der Waals surface area contributed by atoms with Crippen molar-refractivity contribution in [1.29, 1.82) is 0 Å². The molecule has 110 valence electrons. The average Bonchev–Trinajstić information content (AvgIpc) is 2.35. The number of benzene rings is 1. The van der Waals surface area contributed by atoms with Gasteiger partial charge in [-0.2, -0.15) is 0 Å². The third-order valence-corrected chi connectivity index (χ3v) is 3.44. The van der Waals surface area contributed by atoms with Crippen molar-refractivity contribution in [1.82, 2.24) is 5.32 Å². The highest BCUT2D eigenvalue weighted by Gasteiger charge is 2.12. The topological polar surface area (TPSA) is 41.1 Å². The molecule has 0 aliphatic carbocycles. The number of nitrogens with one attached hydrogen (secondary N) is 2. The predicted octanol–water partition coefficient (Wildman–Crippen LogP) is 4.88. The van der Waals surface area contributed by atoms with Gasteiger partial charge in [-0.15, -0.1) is 0 Å². The van der Waals surface area contributed by atoms with Gasteiger partial charge in [0, 0.05) is 11.9 Å². The number of rotatable bonds is 3. The molecule has 1 aromatic carbocycles. The van der Waals surface area contributed by atoms with Crippen molar-refractivity contribution in [3.8, 4) is 0 Å². The summed E-state index contributed by atoms with van der Waals surface area (Å²) in [6.07, 6.45) is 1.76. The summed E-state index contributed by atoms with van der Waals surface area (Å²) in [4.78, 5) is 11.8. The maximum absolute atomic E-state index is 11.8. The van der Waals surface area contributed by atoms with E-state index in [0.29, 0.717) is 5.92 Å². The molecule has 2 N–H and O–H groups in total. The lowest BCUT2D eigenvalue weighted by Crippen LogP contribution is -2.25. The molecule has 20 heavy (non-hydrogen) atoms.